The lowest BCUT2D eigenvalue weighted by Gasteiger charge is -2.17. The van der Waals surface area contributed by atoms with Gasteiger partial charge in [-0.2, -0.15) is 0 Å². The normalized spacial score (nSPS) is 15.1. The van der Waals surface area contributed by atoms with Gasteiger partial charge in [0.15, 0.2) is 17.5 Å². The number of ether oxygens (including phenoxy) is 1. The van der Waals surface area contributed by atoms with Crippen molar-refractivity contribution in [3.63, 3.8) is 0 Å². The molecule has 0 spiro atoms. The molecule has 0 amide bonds. The van der Waals surface area contributed by atoms with E-state index in [4.69, 9.17) is 19.7 Å². The molecule has 0 fully saturated rings. The van der Waals surface area contributed by atoms with Gasteiger partial charge in [-0.25, -0.2) is 15.0 Å². The van der Waals surface area contributed by atoms with E-state index in [-0.39, 0.29) is 12.0 Å². The second kappa shape index (κ2) is 13.7. The Balaban J connectivity index is 1.05. The zero-order valence-corrected chi connectivity index (χ0v) is 31.0. The van der Waals surface area contributed by atoms with Gasteiger partial charge in [-0.05, 0) is 72.8 Å². The van der Waals surface area contributed by atoms with Crippen LogP contribution >= 0.6 is 0 Å². The molecule has 2 heterocycles. The molecule has 268 valence electrons. The maximum atomic E-state index is 7.01. The molecule has 2 unspecified atom stereocenters. The van der Waals surface area contributed by atoms with Crippen molar-refractivity contribution in [1.29, 1.82) is 0 Å². The molecule has 2 aliphatic rings. The standard InChI is InChI=1S/C53H35N3O/c1-3-11-34(12-4-1)36-19-24-38(25-20-36)45-29-30-46(50-49(45)47-32-42-17-9-10-18-43(42)33-48(47)57-50)53-55-51(39-14-5-2-6-15-39)54-52(56-53)40-26-21-37(22-27-40)44-28-23-35-13-7-8-16-41(35)31-44/h1-33,47-48H. The molecular weight excluding hydrogens is 695 g/mol. The maximum Gasteiger partial charge on any atom is 0.167 e. The van der Waals surface area contributed by atoms with Crippen LogP contribution < -0.4 is 15.2 Å². The summed E-state index contributed by atoms with van der Waals surface area (Å²) in [6, 6.07) is 66.0. The molecule has 0 radical (unpaired) electrons. The molecule has 0 saturated heterocycles. The van der Waals surface area contributed by atoms with Gasteiger partial charge in [-0.1, -0.05) is 182 Å². The van der Waals surface area contributed by atoms with E-state index in [9.17, 15) is 0 Å². The van der Waals surface area contributed by atoms with E-state index in [0.717, 1.165) is 44.7 Å². The summed E-state index contributed by atoms with van der Waals surface area (Å²) in [5, 5.41) is 4.85. The van der Waals surface area contributed by atoms with Gasteiger partial charge in [0.25, 0.3) is 0 Å². The Morgan fingerprint density at radius 2 is 0.842 bits per heavy atom. The topological polar surface area (TPSA) is 47.9 Å². The second-order valence-electron chi connectivity index (χ2n) is 14.7. The van der Waals surface area contributed by atoms with E-state index in [1.165, 1.54) is 37.9 Å². The van der Waals surface area contributed by atoms with Crippen LogP contribution in [0.2, 0.25) is 0 Å². The highest BCUT2D eigenvalue weighted by Gasteiger charge is 2.38. The maximum absolute atomic E-state index is 7.01. The predicted octanol–water partition coefficient (Wildman–Crippen LogP) is 11.1. The molecule has 4 nitrogen and oxygen atoms in total. The summed E-state index contributed by atoms with van der Waals surface area (Å²) < 4.78 is 7.01. The molecule has 4 heteroatoms. The Labute approximate surface area is 330 Å². The summed E-state index contributed by atoms with van der Waals surface area (Å²) >= 11 is 0. The van der Waals surface area contributed by atoms with Crippen LogP contribution in [0.3, 0.4) is 0 Å². The number of fused-ring (bicyclic) bond motifs is 5. The number of benzene rings is 8. The van der Waals surface area contributed by atoms with Crippen molar-refractivity contribution in [1.82, 2.24) is 15.0 Å². The van der Waals surface area contributed by atoms with Crippen LogP contribution in [-0.2, 0) is 0 Å². The van der Waals surface area contributed by atoms with Crippen molar-refractivity contribution >= 4 is 22.9 Å². The minimum Gasteiger partial charge on any atom is -0.484 e. The van der Waals surface area contributed by atoms with Crippen LogP contribution in [0.25, 0.3) is 90.5 Å². The molecule has 0 bridgehead atoms. The van der Waals surface area contributed by atoms with Crippen LogP contribution in [0.1, 0.15) is 11.5 Å². The van der Waals surface area contributed by atoms with E-state index in [1.54, 1.807) is 0 Å². The Morgan fingerprint density at radius 1 is 0.351 bits per heavy atom. The summed E-state index contributed by atoms with van der Waals surface area (Å²) in [4.78, 5) is 15.4. The fraction of sp³-hybridized carbons (Fsp3) is 0.0377. The van der Waals surface area contributed by atoms with Gasteiger partial charge in [0.1, 0.15) is 11.9 Å². The second-order valence-corrected chi connectivity index (χ2v) is 14.7. The zero-order valence-electron chi connectivity index (χ0n) is 31.0. The molecule has 0 saturated carbocycles. The lowest BCUT2D eigenvalue weighted by molar-refractivity contribution is 0.289. The number of hydrogen-bond donors (Lipinski definition) is 0. The smallest absolute Gasteiger partial charge is 0.167 e. The van der Waals surface area contributed by atoms with Gasteiger partial charge in [-0.15, -0.1) is 0 Å². The molecule has 11 rings (SSSR count). The highest BCUT2D eigenvalue weighted by molar-refractivity contribution is 5.88. The Hall–Kier alpha value is -7.43. The van der Waals surface area contributed by atoms with E-state index in [0.29, 0.717) is 17.5 Å². The first-order valence-electron chi connectivity index (χ1n) is 19.4. The third-order valence-corrected chi connectivity index (χ3v) is 11.3. The van der Waals surface area contributed by atoms with Crippen LogP contribution in [0, 0.1) is 0 Å². The molecular formula is C53H35N3O. The summed E-state index contributed by atoms with van der Waals surface area (Å²) in [6.45, 7) is 0. The SMILES string of the molecule is C1=c2ccccc2=CC2c3c(-c4ccc(-c5ccccc5)cc4)ccc(-c4nc(-c5ccccc5)nc(-c5ccc(-c6ccc7ccccc7c6)cc5)n4)c3OC12. The van der Waals surface area contributed by atoms with Crippen LogP contribution in [0.5, 0.6) is 5.75 Å². The van der Waals surface area contributed by atoms with Crippen LogP contribution in [0.15, 0.2) is 188 Å². The highest BCUT2D eigenvalue weighted by Crippen LogP contribution is 2.50. The van der Waals surface area contributed by atoms with Crippen molar-refractivity contribution in [2.24, 2.45) is 0 Å². The first-order valence-corrected chi connectivity index (χ1v) is 19.4. The molecule has 57 heavy (non-hydrogen) atoms. The largest absolute Gasteiger partial charge is 0.484 e. The van der Waals surface area contributed by atoms with Crippen molar-refractivity contribution in [3.05, 3.63) is 204 Å². The van der Waals surface area contributed by atoms with E-state index in [1.807, 2.05) is 30.3 Å². The quantitative estimate of drug-likeness (QED) is 0.171. The average Bonchev–Trinajstić information content (AvgIpc) is 3.66. The zero-order chi connectivity index (χ0) is 37.7. The van der Waals surface area contributed by atoms with Gasteiger partial charge in [0.05, 0.1) is 5.56 Å². The molecule has 9 aromatic rings. The first kappa shape index (κ1) is 33.0. The van der Waals surface area contributed by atoms with Gasteiger partial charge in [-0.3, -0.25) is 0 Å². The van der Waals surface area contributed by atoms with Crippen molar-refractivity contribution in [3.8, 4) is 73.3 Å². The number of rotatable bonds is 6. The minimum atomic E-state index is -0.157. The summed E-state index contributed by atoms with van der Waals surface area (Å²) in [5.74, 6) is 2.65. The molecule has 0 N–H and O–H groups in total. The van der Waals surface area contributed by atoms with Gasteiger partial charge in [0, 0.05) is 22.6 Å². The van der Waals surface area contributed by atoms with Crippen LogP contribution in [0.4, 0.5) is 0 Å². The Kier molecular flexibility index (Phi) is 7.92. The third kappa shape index (κ3) is 5.99. The summed E-state index contributed by atoms with van der Waals surface area (Å²) in [7, 11) is 0. The van der Waals surface area contributed by atoms with Crippen molar-refractivity contribution < 1.29 is 4.74 Å². The fourth-order valence-electron chi connectivity index (χ4n) is 8.35. The van der Waals surface area contributed by atoms with E-state index >= 15 is 0 Å². The number of aromatic nitrogens is 3. The summed E-state index contributed by atoms with van der Waals surface area (Å²) in [5.41, 5.74) is 10.8. The Morgan fingerprint density at radius 3 is 1.56 bits per heavy atom. The van der Waals surface area contributed by atoms with E-state index in [2.05, 4.69) is 170 Å². The number of nitrogens with zero attached hydrogens (tertiary/aromatic N) is 3. The number of hydrogen-bond acceptors (Lipinski definition) is 4. The van der Waals surface area contributed by atoms with Gasteiger partial charge >= 0.3 is 0 Å². The summed E-state index contributed by atoms with van der Waals surface area (Å²) in [6.07, 6.45) is 4.47. The molecule has 1 aliphatic heterocycles. The van der Waals surface area contributed by atoms with Gasteiger partial charge in [0.2, 0.25) is 0 Å². The molecule has 1 aromatic heterocycles. The van der Waals surface area contributed by atoms with Crippen molar-refractivity contribution in [2.75, 3.05) is 0 Å². The first-order chi connectivity index (χ1) is 28.2. The van der Waals surface area contributed by atoms with E-state index < -0.39 is 0 Å². The molecule has 1 aliphatic carbocycles. The highest BCUT2D eigenvalue weighted by atomic mass is 16.5. The average molecular weight is 730 g/mol. The predicted molar refractivity (Wildman–Crippen MR) is 232 cm³/mol. The minimum absolute atomic E-state index is 0.0243. The fourth-order valence-corrected chi connectivity index (χ4v) is 8.35. The third-order valence-electron chi connectivity index (χ3n) is 11.3. The Bertz CT molecular complexity index is 3090. The van der Waals surface area contributed by atoms with Crippen molar-refractivity contribution in [2.45, 2.75) is 12.0 Å². The van der Waals surface area contributed by atoms with Gasteiger partial charge < -0.3 is 4.74 Å². The molecule has 2 atom stereocenters. The lowest BCUT2D eigenvalue weighted by atomic mass is 9.84. The van der Waals surface area contributed by atoms with Crippen LogP contribution in [-0.4, -0.2) is 21.1 Å². The lowest BCUT2D eigenvalue weighted by Crippen LogP contribution is -2.34. The molecule has 8 aromatic carbocycles. The monoisotopic (exact) mass is 729 g/mol.